The molecule has 20 heavy (non-hydrogen) atoms. The average Bonchev–Trinajstić information content (AvgIpc) is 2.36. The Morgan fingerprint density at radius 2 is 1.30 bits per heavy atom. The van der Waals surface area contributed by atoms with E-state index in [1.807, 2.05) is 0 Å². The molecule has 0 aliphatic heterocycles. The predicted molar refractivity (Wildman–Crippen MR) is 93.2 cm³/mol. The normalized spacial score (nSPS) is 15.3. The van der Waals surface area contributed by atoms with Crippen molar-refractivity contribution >= 4 is 15.9 Å². The molecule has 0 aliphatic rings. The number of hydrogen-bond acceptors (Lipinski definition) is 1. The summed E-state index contributed by atoms with van der Waals surface area (Å²) >= 11 is 3.34. The van der Waals surface area contributed by atoms with Crippen LogP contribution in [0, 0.1) is 0 Å². The van der Waals surface area contributed by atoms with Gasteiger partial charge in [0.2, 0.25) is 0 Å². The quantitative estimate of drug-likeness (QED) is 0.278. The zero-order valence-corrected chi connectivity index (χ0v) is 15.8. The number of likely N-dealkylation sites (N-methyl/N-ethyl adjacent to an activating group) is 1. The summed E-state index contributed by atoms with van der Waals surface area (Å²) in [5.41, 5.74) is 0. The molecular weight excluding hydrogens is 314 g/mol. The van der Waals surface area contributed by atoms with Crippen LogP contribution < -0.4 is 0 Å². The van der Waals surface area contributed by atoms with Crippen LogP contribution in [0.2, 0.25) is 0 Å². The average molecular weight is 351 g/mol. The first kappa shape index (κ1) is 20.4. The number of aliphatic hydroxyl groups is 1. The molecule has 0 saturated carbocycles. The number of hydrogen-bond donors (Lipinski definition) is 1. The first-order chi connectivity index (χ1) is 9.45. The Morgan fingerprint density at radius 3 is 1.70 bits per heavy atom. The molecule has 0 fully saturated rings. The minimum atomic E-state index is -0.388. The molecule has 0 aromatic carbocycles. The first-order valence-electron chi connectivity index (χ1n) is 8.60. The molecule has 0 amide bonds. The van der Waals surface area contributed by atoms with Crippen LogP contribution in [0.25, 0.3) is 0 Å². The Morgan fingerprint density at radius 1 is 0.850 bits per heavy atom. The number of unbranched alkanes of at least 4 members (excludes halogenated alkanes) is 8. The van der Waals surface area contributed by atoms with E-state index in [-0.39, 0.29) is 5.01 Å². The van der Waals surface area contributed by atoms with Crippen molar-refractivity contribution in [3.63, 3.8) is 0 Å². The molecule has 0 rings (SSSR count). The highest BCUT2D eigenvalue weighted by atomic mass is 79.9. The Labute approximate surface area is 135 Å². The van der Waals surface area contributed by atoms with Crippen molar-refractivity contribution in [3.8, 4) is 0 Å². The molecule has 2 nitrogen and oxygen atoms in total. The Bertz CT molecular complexity index is 219. The van der Waals surface area contributed by atoms with E-state index in [0.717, 1.165) is 17.4 Å². The lowest BCUT2D eigenvalue weighted by Crippen LogP contribution is -2.53. The molecule has 0 heterocycles. The van der Waals surface area contributed by atoms with E-state index in [2.05, 4.69) is 43.9 Å². The predicted octanol–water partition coefficient (Wildman–Crippen LogP) is 5.09. The summed E-state index contributed by atoms with van der Waals surface area (Å²) in [4.78, 5) is 0. The minimum Gasteiger partial charge on any atom is -0.376 e. The smallest absolute Gasteiger partial charge is 0.160 e. The minimum absolute atomic E-state index is 0.295. The third-order valence-electron chi connectivity index (χ3n) is 4.47. The van der Waals surface area contributed by atoms with Crippen LogP contribution in [0.15, 0.2) is 0 Å². The Hall–Kier alpha value is 0.400. The van der Waals surface area contributed by atoms with Crippen molar-refractivity contribution in [1.29, 1.82) is 0 Å². The van der Waals surface area contributed by atoms with Gasteiger partial charge in [0.25, 0.3) is 0 Å². The molecule has 3 heteroatoms. The van der Waals surface area contributed by atoms with E-state index in [4.69, 9.17) is 0 Å². The third-order valence-corrected chi connectivity index (χ3v) is 5.08. The van der Waals surface area contributed by atoms with E-state index in [9.17, 15) is 5.11 Å². The van der Waals surface area contributed by atoms with Crippen LogP contribution in [0.4, 0.5) is 0 Å². The highest BCUT2D eigenvalue weighted by molar-refractivity contribution is 9.09. The number of alkyl halides is 1. The van der Waals surface area contributed by atoms with Gasteiger partial charge in [-0.1, -0.05) is 74.7 Å². The van der Waals surface area contributed by atoms with Crippen molar-refractivity contribution in [2.45, 2.75) is 89.1 Å². The van der Waals surface area contributed by atoms with Crippen molar-refractivity contribution in [2.24, 2.45) is 0 Å². The summed E-state index contributed by atoms with van der Waals surface area (Å²) in [5, 5.41) is 9.40. The van der Waals surface area contributed by atoms with Crippen LogP contribution >= 0.6 is 15.9 Å². The van der Waals surface area contributed by atoms with Crippen molar-refractivity contribution in [2.75, 3.05) is 20.6 Å². The second-order valence-electron chi connectivity index (χ2n) is 6.68. The van der Waals surface area contributed by atoms with Crippen LogP contribution in [0.3, 0.4) is 0 Å². The summed E-state index contributed by atoms with van der Waals surface area (Å²) in [6.45, 7) is 5.59. The molecule has 0 aliphatic carbocycles. The summed E-state index contributed by atoms with van der Waals surface area (Å²) in [7, 11) is 4.48. The van der Waals surface area contributed by atoms with Gasteiger partial charge in [0, 0.05) is 6.42 Å². The van der Waals surface area contributed by atoms with E-state index >= 15 is 0 Å². The van der Waals surface area contributed by atoms with Gasteiger partial charge in [-0.25, -0.2) is 0 Å². The largest absolute Gasteiger partial charge is 0.376 e. The highest BCUT2D eigenvalue weighted by Crippen LogP contribution is 2.20. The maximum absolute atomic E-state index is 9.79. The summed E-state index contributed by atoms with van der Waals surface area (Å²) in [6, 6.07) is 0.295. The zero-order valence-electron chi connectivity index (χ0n) is 14.2. The summed E-state index contributed by atoms with van der Waals surface area (Å²) < 4.78 is 0.916. The number of nitrogens with zero attached hydrogens (tertiary/aromatic N) is 1. The topological polar surface area (TPSA) is 20.2 Å². The number of aliphatic hydroxyl groups excluding tert-OH is 1. The molecule has 122 valence electrons. The van der Waals surface area contributed by atoms with E-state index in [1.165, 1.54) is 57.8 Å². The summed E-state index contributed by atoms with van der Waals surface area (Å²) in [5.74, 6) is 0. The highest BCUT2D eigenvalue weighted by Gasteiger charge is 2.31. The van der Waals surface area contributed by atoms with Gasteiger partial charge < -0.3 is 9.59 Å². The lowest BCUT2D eigenvalue weighted by Gasteiger charge is -2.38. The number of halogens is 1. The van der Waals surface area contributed by atoms with Gasteiger partial charge in [0.05, 0.1) is 20.6 Å². The van der Waals surface area contributed by atoms with Crippen molar-refractivity contribution < 1.29 is 9.59 Å². The number of rotatable bonds is 13. The van der Waals surface area contributed by atoms with Crippen molar-refractivity contribution in [1.82, 2.24) is 0 Å². The van der Waals surface area contributed by atoms with Gasteiger partial charge in [-0.15, -0.1) is 0 Å². The molecule has 1 N–H and O–H groups in total. The Kier molecular flexibility index (Phi) is 12.2. The maximum Gasteiger partial charge on any atom is 0.160 e. The molecule has 0 aromatic heterocycles. The van der Waals surface area contributed by atoms with E-state index in [1.54, 1.807) is 0 Å². The fraction of sp³-hybridized carbons (Fsp3) is 1.00. The van der Waals surface area contributed by atoms with Gasteiger partial charge in [-0.05, 0) is 12.8 Å². The maximum atomic E-state index is 9.79. The molecule has 2 atom stereocenters. The summed E-state index contributed by atoms with van der Waals surface area (Å²) in [6.07, 6.45) is 13.4. The van der Waals surface area contributed by atoms with Gasteiger partial charge in [-0.2, -0.15) is 0 Å². The molecule has 0 spiro atoms. The lowest BCUT2D eigenvalue weighted by molar-refractivity contribution is -0.917. The lowest BCUT2D eigenvalue weighted by atomic mass is 10.1. The van der Waals surface area contributed by atoms with Crippen molar-refractivity contribution in [3.05, 3.63) is 0 Å². The van der Waals surface area contributed by atoms with E-state index in [0.29, 0.717) is 6.04 Å². The fourth-order valence-electron chi connectivity index (χ4n) is 3.02. The second-order valence-corrected chi connectivity index (χ2v) is 7.62. The molecule has 0 aromatic rings. The van der Waals surface area contributed by atoms with Gasteiger partial charge in [0.1, 0.15) is 6.04 Å². The Balaban J connectivity index is 3.62. The fourth-order valence-corrected chi connectivity index (χ4v) is 4.03. The van der Waals surface area contributed by atoms with Crippen LogP contribution in [-0.2, 0) is 0 Å². The first-order valence-corrected chi connectivity index (χ1v) is 9.52. The van der Waals surface area contributed by atoms with Gasteiger partial charge in [-0.3, -0.25) is 0 Å². The molecule has 0 saturated heterocycles. The van der Waals surface area contributed by atoms with Gasteiger partial charge >= 0.3 is 0 Å². The third kappa shape index (κ3) is 9.36. The standard InChI is InChI=1S/C17H37BrNO/c1-5-7-8-9-10-11-12-13-14-15-19(3,4)16(6-2)17(18)20/h16-17,20H,5-15H2,1-4H3/q+1. The van der Waals surface area contributed by atoms with Crippen LogP contribution in [0.1, 0.15) is 78.1 Å². The molecular formula is C17H37BrNO+. The van der Waals surface area contributed by atoms with Gasteiger partial charge in [0.15, 0.2) is 5.01 Å². The SMILES string of the molecule is CCCCCCCCCCC[N+](C)(C)C(CC)C(O)Br. The van der Waals surface area contributed by atoms with E-state index < -0.39 is 0 Å². The number of quaternary nitrogens is 1. The monoisotopic (exact) mass is 350 g/mol. The second kappa shape index (κ2) is 12.0. The van der Waals surface area contributed by atoms with Crippen LogP contribution in [0.5, 0.6) is 0 Å². The zero-order chi connectivity index (χ0) is 15.4. The molecule has 0 bridgehead atoms. The molecule has 0 radical (unpaired) electrons. The van der Waals surface area contributed by atoms with Crippen LogP contribution in [-0.4, -0.2) is 41.3 Å². The molecule has 2 unspecified atom stereocenters.